The molecule has 1 aliphatic rings. The number of alkyl halides is 2. The predicted molar refractivity (Wildman–Crippen MR) is 141 cm³/mol. The van der Waals surface area contributed by atoms with Crippen LogP contribution >= 0.6 is 34.8 Å². The quantitative estimate of drug-likeness (QED) is 0.292. The molecule has 2 atom stereocenters. The normalized spacial score (nSPS) is 17.6. The molecule has 1 fully saturated rings. The average molecular weight is 567 g/mol. The maximum atomic E-state index is 14.8. The Morgan fingerprint density at radius 2 is 1.49 bits per heavy atom. The first-order valence-electron chi connectivity index (χ1n) is 11.0. The van der Waals surface area contributed by atoms with Crippen molar-refractivity contribution in [3.8, 4) is 0 Å². The number of anilines is 3. The Morgan fingerprint density at radius 1 is 0.865 bits per heavy atom. The van der Waals surface area contributed by atoms with Crippen LogP contribution in [0.25, 0.3) is 0 Å². The van der Waals surface area contributed by atoms with Crippen molar-refractivity contribution in [1.29, 1.82) is 0 Å². The minimum absolute atomic E-state index is 0.123. The van der Waals surface area contributed by atoms with E-state index in [1.165, 1.54) is 38.1 Å². The van der Waals surface area contributed by atoms with Crippen LogP contribution in [0.5, 0.6) is 0 Å². The van der Waals surface area contributed by atoms with Crippen LogP contribution in [-0.2, 0) is 9.59 Å². The van der Waals surface area contributed by atoms with E-state index < -0.39 is 39.6 Å². The van der Waals surface area contributed by atoms with Gasteiger partial charge in [-0.25, -0.2) is 8.78 Å². The van der Waals surface area contributed by atoms with Crippen molar-refractivity contribution in [2.45, 2.75) is 24.1 Å². The Hall–Kier alpha value is -3.20. The zero-order chi connectivity index (χ0) is 27.1. The third-order valence-electron chi connectivity index (χ3n) is 5.87. The van der Waals surface area contributed by atoms with Crippen LogP contribution in [0.2, 0.25) is 5.02 Å². The number of carbonyl (C=O) groups excluding carboxylic acids is 3. The van der Waals surface area contributed by atoms with Crippen LogP contribution < -0.4 is 16.0 Å². The van der Waals surface area contributed by atoms with Crippen molar-refractivity contribution in [3.63, 3.8) is 0 Å². The van der Waals surface area contributed by atoms with Crippen LogP contribution in [0.4, 0.5) is 25.8 Å². The Morgan fingerprint density at radius 3 is 2.08 bits per heavy atom. The van der Waals surface area contributed by atoms with Crippen molar-refractivity contribution < 1.29 is 23.2 Å². The van der Waals surface area contributed by atoms with Gasteiger partial charge in [0.15, 0.2) is 0 Å². The third-order valence-corrected chi connectivity index (χ3v) is 7.10. The summed E-state index contributed by atoms with van der Waals surface area (Å²) in [7, 11) is 0. The summed E-state index contributed by atoms with van der Waals surface area (Å²) in [6.45, 7) is 2.83. The summed E-state index contributed by atoms with van der Waals surface area (Å²) in [5, 5.41) is 7.70. The molecular weight excluding hydrogens is 547 g/mol. The third kappa shape index (κ3) is 5.71. The van der Waals surface area contributed by atoms with E-state index >= 15 is 0 Å². The second-order valence-electron chi connectivity index (χ2n) is 8.66. The summed E-state index contributed by atoms with van der Waals surface area (Å²) in [6.07, 6.45) is 0. The van der Waals surface area contributed by atoms with Gasteiger partial charge >= 0.3 is 0 Å². The summed E-state index contributed by atoms with van der Waals surface area (Å²) in [6, 6.07) is 12.8. The molecule has 6 nitrogen and oxygen atoms in total. The number of halogens is 5. The molecule has 4 rings (SSSR count). The number of nitrogens with one attached hydrogen (secondary N) is 3. The fraction of sp³-hybridized carbons (Fsp3) is 0.192. The number of aryl methyl sites for hydroxylation is 1. The summed E-state index contributed by atoms with van der Waals surface area (Å²) in [4.78, 5) is 37.0. The van der Waals surface area contributed by atoms with Gasteiger partial charge in [0.1, 0.15) is 16.0 Å². The number of hydrogen-bond acceptors (Lipinski definition) is 3. The molecule has 3 N–H and O–H groups in total. The first-order valence-corrected chi connectivity index (χ1v) is 12.1. The molecule has 1 aliphatic carbocycles. The van der Waals surface area contributed by atoms with Gasteiger partial charge in [-0.3, -0.25) is 14.4 Å². The van der Waals surface area contributed by atoms with E-state index in [9.17, 15) is 23.2 Å². The molecule has 0 bridgehead atoms. The number of benzene rings is 3. The lowest BCUT2D eigenvalue weighted by Crippen LogP contribution is -2.19. The molecule has 11 heteroatoms. The standard InChI is InChI=1S/C26H20Cl3F2N3O3/c1-12-9-17(34-25(37)22-21(26(22,28)29)14-3-8-20(30)19(27)10-14)11-18(23(12)31)24(36)33-16-6-4-15(5-7-16)32-13(2)35/h3-11,21-22H,1-2H3,(H,32,35)(H,33,36)(H,34,37). The molecule has 0 spiro atoms. The first-order chi connectivity index (χ1) is 17.4. The topological polar surface area (TPSA) is 87.3 Å². The molecule has 0 saturated heterocycles. The monoisotopic (exact) mass is 565 g/mol. The van der Waals surface area contributed by atoms with E-state index in [0.29, 0.717) is 16.9 Å². The van der Waals surface area contributed by atoms with Crippen LogP contribution in [-0.4, -0.2) is 22.1 Å². The number of amides is 3. The van der Waals surface area contributed by atoms with Gasteiger partial charge in [-0.1, -0.05) is 17.7 Å². The van der Waals surface area contributed by atoms with Gasteiger partial charge in [0.25, 0.3) is 5.91 Å². The van der Waals surface area contributed by atoms with Crippen LogP contribution in [0.15, 0.2) is 54.6 Å². The maximum Gasteiger partial charge on any atom is 0.258 e. The maximum absolute atomic E-state index is 14.8. The molecule has 1 saturated carbocycles. The largest absolute Gasteiger partial charge is 0.326 e. The Balaban J connectivity index is 1.50. The molecule has 0 radical (unpaired) electrons. The zero-order valence-corrected chi connectivity index (χ0v) is 21.7. The van der Waals surface area contributed by atoms with Gasteiger partial charge in [0.2, 0.25) is 11.8 Å². The van der Waals surface area contributed by atoms with Crippen LogP contribution in [0.3, 0.4) is 0 Å². The fourth-order valence-electron chi connectivity index (χ4n) is 4.04. The van der Waals surface area contributed by atoms with Gasteiger partial charge < -0.3 is 16.0 Å². The molecule has 37 heavy (non-hydrogen) atoms. The Kier molecular flexibility index (Phi) is 7.46. The summed E-state index contributed by atoms with van der Waals surface area (Å²) in [5.74, 6) is -4.43. The van der Waals surface area contributed by atoms with Crippen molar-refractivity contribution >= 4 is 69.6 Å². The first kappa shape index (κ1) is 26.9. The lowest BCUT2D eigenvalue weighted by atomic mass is 10.1. The summed E-state index contributed by atoms with van der Waals surface area (Å²) < 4.78 is 26.9. The van der Waals surface area contributed by atoms with E-state index in [1.54, 1.807) is 24.3 Å². The Bertz CT molecular complexity index is 1410. The molecule has 2 unspecified atom stereocenters. The highest BCUT2D eigenvalue weighted by atomic mass is 35.5. The summed E-state index contributed by atoms with van der Waals surface area (Å²) in [5.41, 5.74) is 1.41. The molecule has 3 aromatic rings. The second kappa shape index (κ2) is 10.3. The highest BCUT2D eigenvalue weighted by molar-refractivity contribution is 6.53. The van der Waals surface area contributed by atoms with Gasteiger partial charge in [0.05, 0.1) is 16.5 Å². The fourth-order valence-corrected chi connectivity index (χ4v) is 5.06. The minimum Gasteiger partial charge on any atom is -0.326 e. The van der Waals surface area contributed by atoms with E-state index in [4.69, 9.17) is 34.8 Å². The highest BCUT2D eigenvalue weighted by Crippen LogP contribution is 2.65. The van der Waals surface area contributed by atoms with Gasteiger partial charge in [-0.05, 0) is 66.6 Å². The van der Waals surface area contributed by atoms with Gasteiger partial charge in [0, 0.05) is 29.9 Å². The van der Waals surface area contributed by atoms with E-state index in [0.717, 1.165) is 6.07 Å². The van der Waals surface area contributed by atoms with Gasteiger partial charge in [-0.2, -0.15) is 0 Å². The second-order valence-corrected chi connectivity index (χ2v) is 10.5. The lowest BCUT2D eigenvalue weighted by molar-refractivity contribution is -0.117. The van der Waals surface area contributed by atoms with Crippen molar-refractivity contribution in [2.75, 3.05) is 16.0 Å². The van der Waals surface area contributed by atoms with Crippen LogP contribution in [0, 0.1) is 24.5 Å². The Labute approximate surface area is 226 Å². The smallest absolute Gasteiger partial charge is 0.258 e. The number of hydrogen-bond donors (Lipinski definition) is 3. The van der Waals surface area contributed by atoms with Crippen molar-refractivity contribution in [2.24, 2.45) is 5.92 Å². The molecule has 3 aromatic carbocycles. The SMILES string of the molecule is CC(=O)Nc1ccc(NC(=O)c2cc(NC(=O)C3C(c4ccc(F)c(Cl)c4)C3(Cl)Cl)cc(C)c2F)cc1. The van der Waals surface area contributed by atoms with Crippen molar-refractivity contribution in [1.82, 2.24) is 0 Å². The highest BCUT2D eigenvalue weighted by Gasteiger charge is 2.67. The predicted octanol–water partition coefficient (Wildman–Crippen LogP) is 6.66. The molecule has 0 aliphatic heterocycles. The van der Waals surface area contributed by atoms with Crippen molar-refractivity contribution in [3.05, 3.63) is 87.9 Å². The molecular formula is C26H20Cl3F2N3O3. The molecule has 0 heterocycles. The molecule has 192 valence electrons. The van der Waals surface area contributed by atoms with E-state index in [1.807, 2.05) is 0 Å². The summed E-state index contributed by atoms with van der Waals surface area (Å²) >= 11 is 18.5. The zero-order valence-electron chi connectivity index (χ0n) is 19.5. The van der Waals surface area contributed by atoms with Crippen LogP contribution in [0.1, 0.15) is 34.3 Å². The molecule has 0 aromatic heterocycles. The average Bonchev–Trinajstić information content (AvgIpc) is 3.40. The van der Waals surface area contributed by atoms with Gasteiger partial charge in [-0.15, -0.1) is 23.2 Å². The number of carbonyl (C=O) groups is 3. The van der Waals surface area contributed by atoms with E-state index in [2.05, 4.69) is 16.0 Å². The molecule has 3 amide bonds. The number of rotatable bonds is 6. The lowest BCUT2D eigenvalue weighted by Gasteiger charge is -2.12. The van der Waals surface area contributed by atoms with E-state index in [-0.39, 0.29) is 27.7 Å². The minimum atomic E-state index is -1.45.